The van der Waals surface area contributed by atoms with Gasteiger partial charge < -0.3 is 11.1 Å². The Morgan fingerprint density at radius 2 is 2.04 bits per heavy atom. The van der Waals surface area contributed by atoms with Crippen molar-refractivity contribution in [3.63, 3.8) is 0 Å². The van der Waals surface area contributed by atoms with E-state index in [2.05, 4.69) is 35.4 Å². The minimum Gasteiger partial charge on any atom is -0.382 e. The molecule has 0 amide bonds. The van der Waals surface area contributed by atoms with Crippen LogP contribution >= 0.6 is 0 Å². The molecule has 1 aromatic carbocycles. The number of ketones is 1. The van der Waals surface area contributed by atoms with Gasteiger partial charge in [0.2, 0.25) is 0 Å². The summed E-state index contributed by atoms with van der Waals surface area (Å²) < 4.78 is 0. The van der Waals surface area contributed by atoms with Crippen LogP contribution in [-0.2, 0) is 6.42 Å². The van der Waals surface area contributed by atoms with Crippen LogP contribution in [0.15, 0.2) is 36.5 Å². The number of hydrogen-bond acceptors (Lipinski definition) is 4. The maximum absolute atomic E-state index is 12.3. The molecular formula is C19H25N3O. The summed E-state index contributed by atoms with van der Waals surface area (Å²) in [6, 6.07) is 10.4. The number of hydrogen-bond donors (Lipinski definition) is 2. The van der Waals surface area contributed by atoms with E-state index in [4.69, 9.17) is 5.73 Å². The molecule has 4 nitrogen and oxygen atoms in total. The number of carbonyl (C=O) groups excluding carboxylic acids is 1. The van der Waals surface area contributed by atoms with Gasteiger partial charge in [0.05, 0.1) is 5.69 Å². The Morgan fingerprint density at radius 1 is 1.26 bits per heavy atom. The van der Waals surface area contributed by atoms with E-state index in [9.17, 15) is 4.79 Å². The average Bonchev–Trinajstić information content (AvgIpc) is 2.59. The largest absolute Gasteiger partial charge is 0.382 e. The lowest BCUT2D eigenvalue weighted by molar-refractivity contribution is 0.0935. The summed E-state index contributed by atoms with van der Waals surface area (Å²) in [6.07, 6.45) is 2.77. The Kier molecular flexibility index (Phi) is 5.88. The van der Waals surface area contributed by atoms with Gasteiger partial charge in [0, 0.05) is 30.8 Å². The molecule has 0 unspecified atom stereocenters. The predicted octanol–water partition coefficient (Wildman–Crippen LogP) is 3.52. The monoisotopic (exact) mass is 311 g/mol. The minimum absolute atomic E-state index is 0.0402. The van der Waals surface area contributed by atoms with Gasteiger partial charge in [-0.2, -0.15) is 0 Å². The third-order valence-corrected chi connectivity index (χ3v) is 3.77. The van der Waals surface area contributed by atoms with Crippen molar-refractivity contribution in [1.82, 2.24) is 4.98 Å². The van der Waals surface area contributed by atoms with E-state index >= 15 is 0 Å². The number of carbonyl (C=O) groups is 1. The molecule has 0 saturated heterocycles. The summed E-state index contributed by atoms with van der Waals surface area (Å²) in [6.45, 7) is 7.02. The highest BCUT2D eigenvalue weighted by Gasteiger charge is 2.17. The minimum atomic E-state index is -0.0878. The standard InChI is InChI=1S/C19H25N3O/c1-4-14-6-5-7-15(10-14)16-11-17(21-9-8-20)18(22-12-16)19(23)13(2)3/h5-7,10-13,21H,4,8-9,20H2,1-3H3. The number of nitrogens with one attached hydrogen (secondary N) is 1. The van der Waals surface area contributed by atoms with Crippen LogP contribution in [0, 0.1) is 5.92 Å². The van der Waals surface area contributed by atoms with E-state index in [1.807, 2.05) is 26.0 Å². The quantitative estimate of drug-likeness (QED) is 0.768. The summed E-state index contributed by atoms with van der Waals surface area (Å²) in [7, 11) is 0. The highest BCUT2D eigenvalue weighted by atomic mass is 16.1. The maximum atomic E-state index is 12.3. The van der Waals surface area contributed by atoms with Gasteiger partial charge in [0.15, 0.2) is 5.78 Å². The number of nitrogens with zero attached hydrogens (tertiary/aromatic N) is 1. The SMILES string of the molecule is CCc1cccc(-c2cnc(C(=O)C(C)C)c(NCCN)c2)c1. The lowest BCUT2D eigenvalue weighted by Gasteiger charge is -2.14. The fourth-order valence-corrected chi connectivity index (χ4v) is 2.40. The smallest absolute Gasteiger partial charge is 0.185 e. The highest BCUT2D eigenvalue weighted by Crippen LogP contribution is 2.26. The molecule has 0 bridgehead atoms. The number of aromatic nitrogens is 1. The fraction of sp³-hybridized carbons (Fsp3) is 0.368. The van der Waals surface area contributed by atoms with Crippen molar-refractivity contribution in [3.8, 4) is 11.1 Å². The van der Waals surface area contributed by atoms with Gasteiger partial charge in [-0.3, -0.25) is 9.78 Å². The first-order valence-corrected chi connectivity index (χ1v) is 8.14. The highest BCUT2D eigenvalue weighted by molar-refractivity contribution is 6.01. The van der Waals surface area contributed by atoms with Crippen molar-refractivity contribution in [3.05, 3.63) is 47.8 Å². The van der Waals surface area contributed by atoms with Crippen LogP contribution in [0.2, 0.25) is 0 Å². The molecule has 0 atom stereocenters. The fourth-order valence-electron chi connectivity index (χ4n) is 2.40. The Morgan fingerprint density at radius 3 is 2.70 bits per heavy atom. The van der Waals surface area contributed by atoms with E-state index in [-0.39, 0.29) is 11.7 Å². The molecule has 2 rings (SSSR count). The topological polar surface area (TPSA) is 68.0 Å². The van der Waals surface area contributed by atoms with Crippen LogP contribution < -0.4 is 11.1 Å². The Hall–Kier alpha value is -2.20. The van der Waals surface area contributed by atoms with Gasteiger partial charge in [-0.1, -0.05) is 45.0 Å². The van der Waals surface area contributed by atoms with E-state index in [0.717, 1.165) is 23.2 Å². The molecule has 0 aliphatic carbocycles. The number of rotatable bonds is 7. The van der Waals surface area contributed by atoms with Gasteiger partial charge in [-0.05, 0) is 23.6 Å². The van der Waals surface area contributed by atoms with Crippen molar-refractivity contribution in [2.75, 3.05) is 18.4 Å². The molecular weight excluding hydrogens is 286 g/mol. The molecule has 4 heteroatoms. The van der Waals surface area contributed by atoms with E-state index in [1.54, 1.807) is 6.20 Å². The molecule has 0 fully saturated rings. The zero-order valence-corrected chi connectivity index (χ0v) is 14.1. The zero-order valence-electron chi connectivity index (χ0n) is 14.1. The molecule has 0 aliphatic heterocycles. The number of anilines is 1. The van der Waals surface area contributed by atoms with Crippen LogP contribution in [0.4, 0.5) is 5.69 Å². The van der Waals surface area contributed by atoms with Gasteiger partial charge >= 0.3 is 0 Å². The van der Waals surface area contributed by atoms with Crippen molar-refractivity contribution in [2.45, 2.75) is 27.2 Å². The van der Waals surface area contributed by atoms with Crippen LogP contribution in [0.25, 0.3) is 11.1 Å². The van der Waals surface area contributed by atoms with Crippen molar-refractivity contribution in [2.24, 2.45) is 11.7 Å². The second kappa shape index (κ2) is 7.88. The summed E-state index contributed by atoms with van der Waals surface area (Å²) in [4.78, 5) is 16.8. The Balaban J connectivity index is 2.44. The molecule has 0 radical (unpaired) electrons. The van der Waals surface area contributed by atoms with E-state index < -0.39 is 0 Å². The second-order valence-corrected chi connectivity index (χ2v) is 5.91. The van der Waals surface area contributed by atoms with Crippen molar-refractivity contribution >= 4 is 11.5 Å². The van der Waals surface area contributed by atoms with Crippen LogP contribution in [0.3, 0.4) is 0 Å². The van der Waals surface area contributed by atoms with Gasteiger partial charge in [0.25, 0.3) is 0 Å². The van der Waals surface area contributed by atoms with Gasteiger partial charge in [0.1, 0.15) is 5.69 Å². The molecule has 122 valence electrons. The summed E-state index contributed by atoms with van der Waals surface area (Å²) in [5.41, 5.74) is 10.2. The first-order chi connectivity index (χ1) is 11.1. The van der Waals surface area contributed by atoms with Crippen LogP contribution in [0.5, 0.6) is 0 Å². The first kappa shape index (κ1) is 17.2. The van der Waals surface area contributed by atoms with E-state index in [1.165, 1.54) is 5.56 Å². The lowest BCUT2D eigenvalue weighted by Crippen LogP contribution is -2.18. The molecule has 0 spiro atoms. The average molecular weight is 311 g/mol. The lowest BCUT2D eigenvalue weighted by atomic mass is 10.00. The van der Waals surface area contributed by atoms with Gasteiger partial charge in [-0.15, -0.1) is 0 Å². The number of aryl methyl sites for hydroxylation is 1. The number of Topliss-reactive ketones (excluding diaryl/α,β-unsaturated/α-hetero) is 1. The van der Waals surface area contributed by atoms with Crippen molar-refractivity contribution in [1.29, 1.82) is 0 Å². The second-order valence-electron chi connectivity index (χ2n) is 5.91. The zero-order chi connectivity index (χ0) is 16.8. The molecule has 23 heavy (non-hydrogen) atoms. The normalized spacial score (nSPS) is 10.8. The van der Waals surface area contributed by atoms with Crippen LogP contribution in [-0.4, -0.2) is 23.9 Å². The predicted molar refractivity (Wildman–Crippen MR) is 95.8 cm³/mol. The maximum Gasteiger partial charge on any atom is 0.185 e. The molecule has 0 saturated carbocycles. The summed E-state index contributed by atoms with van der Waals surface area (Å²) in [5, 5.41) is 3.23. The summed E-state index contributed by atoms with van der Waals surface area (Å²) >= 11 is 0. The summed E-state index contributed by atoms with van der Waals surface area (Å²) in [5.74, 6) is -0.0476. The third kappa shape index (κ3) is 4.17. The Labute approximate surface area is 138 Å². The molecule has 2 aromatic rings. The van der Waals surface area contributed by atoms with E-state index in [0.29, 0.717) is 18.8 Å². The molecule has 3 N–H and O–H groups in total. The third-order valence-electron chi connectivity index (χ3n) is 3.77. The Bertz CT molecular complexity index is 680. The van der Waals surface area contributed by atoms with Crippen LogP contribution in [0.1, 0.15) is 36.8 Å². The van der Waals surface area contributed by atoms with Crippen molar-refractivity contribution < 1.29 is 4.79 Å². The first-order valence-electron chi connectivity index (χ1n) is 8.14. The number of benzene rings is 1. The number of pyridine rings is 1. The molecule has 0 aliphatic rings. The molecule has 1 heterocycles. The molecule has 1 aromatic heterocycles. The number of nitrogens with two attached hydrogens (primary N) is 1. The van der Waals surface area contributed by atoms with Gasteiger partial charge in [-0.25, -0.2) is 0 Å².